The van der Waals surface area contributed by atoms with Gasteiger partial charge >= 0.3 is 0 Å². The molecule has 6 nitrogen and oxygen atoms in total. The summed E-state index contributed by atoms with van der Waals surface area (Å²) in [6.07, 6.45) is 5.36. The Morgan fingerprint density at radius 1 is 1.13 bits per heavy atom. The van der Waals surface area contributed by atoms with Crippen molar-refractivity contribution in [1.29, 1.82) is 0 Å². The van der Waals surface area contributed by atoms with Crippen molar-refractivity contribution in [2.24, 2.45) is 0 Å². The van der Waals surface area contributed by atoms with Gasteiger partial charge in [0.05, 0.1) is 12.4 Å². The minimum atomic E-state index is -0.0338. The maximum absolute atomic E-state index is 12.4. The van der Waals surface area contributed by atoms with Crippen LogP contribution >= 0.6 is 0 Å². The zero-order chi connectivity index (χ0) is 16.8. The molecule has 122 valence electrons. The molecule has 0 saturated heterocycles. The normalized spacial score (nSPS) is 10.7. The van der Waals surface area contributed by atoms with Crippen molar-refractivity contribution in [2.45, 2.75) is 6.42 Å². The predicted octanol–water partition coefficient (Wildman–Crippen LogP) is 2.07. The van der Waals surface area contributed by atoms with Gasteiger partial charge in [0.2, 0.25) is 0 Å². The standard InChI is InChI=1S/C17H22N4O2/c1-20(2)9-8-14-15(17(22)21(3)4)6-5-7-16(14)23-13-10-18-12-19-11-13/h5-7,10-12H,8-9H2,1-4H3. The molecule has 1 amide bonds. The van der Waals surface area contributed by atoms with Crippen LogP contribution in [-0.4, -0.2) is 60.4 Å². The lowest BCUT2D eigenvalue weighted by Gasteiger charge is -2.19. The minimum absolute atomic E-state index is 0.0338. The second-order valence-corrected chi connectivity index (χ2v) is 5.71. The summed E-state index contributed by atoms with van der Waals surface area (Å²) >= 11 is 0. The highest BCUT2D eigenvalue weighted by molar-refractivity contribution is 5.96. The summed E-state index contributed by atoms with van der Waals surface area (Å²) in [5.41, 5.74) is 1.55. The summed E-state index contributed by atoms with van der Waals surface area (Å²) in [6, 6.07) is 5.53. The second-order valence-electron chi connectivity index (χ2n) is 5.71. The quantitative estimate of drug-likeness (QED) is 0.817. The molecule has 0 radical (unpaired) electrons. The lowest BCUT2D eigenvalue weighted by molar-refractivity contribution is 0.0826. The molecule has 0 spiro atoms. The highest BCUT2D eigenvalue weighted by atomic mass is 16.5. The number of carbonyl (C=O) groups excluding carboxylic acids is 1. The molecule has 1 aromatic carbocycles. The van der Waals surface area contributed by atoms with E-state index in [1.165, 1.54) is 6.33 Å². The van der Waals surface area contributed by atoms with Gasteiger partial charge in [0.25, 0.3) is 5.91 Å². The van der Waals surface area contributed by atoms with Crippen LogP contribution in [0.1, 0.15) is 15.9 Å². The molecule has 0 bridgehead atoms. The zero-order valence-electron chi connectivity index (χ0n) is 14.0. The van der Waals surface area contributed by atoms with E-state index in [0.717, 1.165) is 12.1 Å². The number of carbonyl (C=O) groups is 1. The highest BCUT2D eigenvalue weighted by Crippen LogP contribution is 2.28. The van der Waals surface area contributed by atoms with Gasteiger partial charge in [-0.1, -0.05) is 6.07 Å². The summed E-state index contributed by atoms with van der Waals surface area (Å²) in [5.74, 6) is 1.18. The van der Waals surface area contributed by atoms with Crippen molar-refractivity contribution >= 4 is 5.91 Å². The average molecular weight is 314 g/mol. The number of rotatable bonds is 6. The average Bonchev–Trinajstić information content (AvgIpc) is 2.53. The SMILES string of the molecule is CN(C)CCc1c(Oc2cncnc2)cccc1C(=O)N(C)C. The Kier molecular flexibility index (Phi) is 5.65. The van der Waals surface area contributed by atoms with E-state index >= 15 is 0 Å². The molecule has 0 N–H and O–H groups in total. The first-order chi connectivity index (χ1) is 11.0. The molecular weight excluding hydrogens is 292 g/mol. The van der Waals surface area contributed by atoms with Crippen molar-refractivity contribution < 1.29 is 9.53 Å². The van der Waals surface area contributed by atoms with Crippen LogP contribution in [0.25, 0.3) is 0 Å². The lowest BCUT2D eigenvalue weighted by atomic mass is 10.0. The summed E-state index contributed by atoms with van der Waals surface area (Å²) in [6.45, 7) is 0.819. The molecule has 1 heterocycles. The molecule has 1 aromatic heterocycles. The summed E-state index contributed by atoms with van der Waals surface area (Å²) < 4.78 is 5.90. The number of nitrogens with zero attached hydrogens (tertiary/aromatic N) is 4. The molecule has 0 atom stereocenters. The predicted molar refractivity (Wildman–Crippen MR) is 88.8 cm³/mol. The lowest BCUT2D eigenvalue weighted by Crippen LogP contribution is -2.24. The number of hydrogen-bond donors (Lipinski definition) is 0. The maximum atomic E-state index is 12.4. The minimum Gasteiger partial charge on any atom is -0.454 e. The van der Waals surface area contributed by atoms with Crippen molar-refractivity contribution in [1.82, 2.24) is 19.8 Å². The van der Waals surface area contributed by atoms with E-state index in [2.05, 4.69) is 14.9 Å². The fourth-order valence-corrected chi connectivity index (χ4v) is 2.16. The molecule has 0 unspecified atom stereocenters. The van der Waals surface area contributed by atoms with Crippen LogP contribution in [0.3, 0.4) is 0 Å². The smallest absolute Gasteiger partial charge is 0.253 e. The van der Waals surface area contributed by atoms with E-state index in [1.54, 1.807) is 31.4 Å². The Balaban J connectivity index is 2.39. The molecule has 0 saturated carbocycles. The van der Waals surface area contributed by atoms with Crippen LogP contribution < -0.4 is 4.74 Å². The van der Waals surface area contributed by atoms with E-state index in [1.807, 2.05) is 32.3 Å². The molecule has 2 rings (SSSR count). The van der Waals surface area contributed by atoms with Crippen LogP contribution in [-0.2, 0) is 6.42 Å². The van der Waals surface area contributed by atoms with E-state index < -0.39 is 0 Å². The van der Waals surface area contributed by atoms with Gasteiger partial charge in [0.15, 0.2) is 5.75 Å². The first-order valence-corrected chi connectivity index (χ1v) is 7.40. The molecule has 0 aliphatic heterocycles. The van der Waals surface area contributed by atoms with Crippen molar-refractivity contribution in [2.75, 3.05) is 34.7 Å². The van der Waals surface area contributed by atoms with Gasteiger partial charge < -0.3 is 14.5 Å². The largest absolute Gasteiger partial charge is 0.454 e. The van der Waals surface area contributed by atoms with Gasteiger partial charge in [-0.2, -0.15) is 0 Å². The molecule has 6 heteroatoms. The Labute approximate surface area is 136 Å². The molecule has 0 aliphatic carbocycles. The Morgan fingerprint density at radius 2 is 1.83 bits per heavy atom. The van der Waals surface area contributed by atoms with Gasteiger partial charge in [0, 0.05) is 31.8 Å². The first kappa shape index (κ1) is 16.9. The third kappa shape index (κ3) is 4.50. The Hall–Kier alpha value is -2.47. The summed E-state index contributed by atoms with van der Waals surface area (Å²) in [5, 5.41) is 0. The van der Waals surface area contributed by atoms with Gasteiger partial charge in [-0.25, -0.2) is 9.97 Å². The number of benzene rings is 1. The third-order valence-electron chi connectivity index (χ3n) is 3.34. The summed E-state index contributed by atoms with van der Waals surface area (Å²) in [4.78, 5) is 24.0. The second kappa shape index (κ2) is 7.69. The van der Waals surface area contributed by atoms with E-state index in [0.29, 0.717) is 23.5 Å². The molecule has 0 aliphatic rings. The topological polar surface area (TPSA) is 58.6 Å². The van der Waals surface area contributed by atoms with Gasteiger partial charge in [-0.15, -0.1) is 0 Å². The molecule has 2 aromatic rings. The van der Waals surface area contributed by atoms with Gasteiger partial charge in [0.1, 0.15) is 12.1 Å². The van der Waals surface area contributed by atoms with Crippen molar-refractivity contribution in [3.05, 3.63) is 48.0 Å². The summed E-state index contributed by atoms with van der Waals surface area (Å²) in [7, 11) is 7.50. The first-order valence-electron chi connectivity index (χ1n) is 7.40. The Morgan fingerprint density at radius 3 is 2.43 bits per heavy atom. The van der Waals surface area contributed by atoms with Gasteiger partial charge in [-0.3, -0.25) is 4.79 Å². The van der Waals surface area contributed by atoms with E-state index in [-0.39, 0.29) is 5.91 Å². The number of aromatic nitrogens is 2. The molecule has 0 fully saturated rings. The third-order valence-corrected chi connectivity index (χ3v) is 3.34. The molecular formula is C17H22N4O2. The Bertz CT molecular complexity index is 657. The van der Waals surface area contributed by atoms with Crippen LogP contribution in [0, 0.1) is 0 Å². The number of hydrogen-bond acceptors (Lipinski definition) is 5. The molecule has 23 heavy (non-hydrogen) atoms. The van der Waals surface area contributed by atoms with Crippen molar-refractivity contribution in [3.63, 3.8) is 0 Å². The fourth-order valence-electron chi connectivity index (χ4n) is 2.16. The van der Waals surface area contributed by atoms with Crippen LogP contribution in [0.4, 0.5) is 0 Å². The van der Waals surface area contributed by atoms with Crippen LogP contribution in [0.5, 0.6) is 11.5 Å². The van der Waals surface area contributed by atoms with E-state index in [4.69, 9.17) is 4.74 Å². The number of ether oxygens (including phenoxy) is 1. The number of amides is 1. The zero-order valence-corrected chi connectivity index (χ0v) is 14.0. The van der Waals surface area contributed by atoms with Crippen molar-refractivity contribution in [3.8, 4) is 11.5 Å². The number of likely N-dealkylation sites (N-methyl/N-ethyl adjacent to an activating group) is 1. The van der Waals surface area contributed by atoms with Crippen LogP contribution in [0.15, 0.2) is 36.9 Å². The van der Waals surface area contributed by atoms with Crippen LogP contribution in [0.2, 0.25) is 0 Å². The van der Waals surface area contributed by atoms with E-state index in [9.17, 15) is 4.79 Å². The van der Waals surface area contributed by atoms with Gasteiger partial charge in [-0.05, 0) is 32.6 Å². The highest BCUT2D eigenvalue weighted by Gasteiger charge is 2.18. The fraction of sp³-hybridized carbons (Fsp3) is 0.353. The monoisotopic (exact) mass is 314 g/mol. The maximum Gasteiger partial charge on any atom is 0.253 e.